The average Bonchev–Trinajstić information content (AvgIpc) is 3.17. The molecular weight excluding hydrogens is 251 g/mol. The summed E-state index contributed by atoms with van der Waals surface area (Å²) in [5.41, 5.74) is 1.28. The lowest BCUT2D eigenvalue weighted by Crippen LogP contribution is -2.29. The molecule has 4 fully saturated rings. The summed E-state index contributed by atoms with van der Waals surface area (Å²) in [7, 11) is 2.91. The Labute approximate surface area is 133 Å². The molecule has 0 bridgehead atoms. The molecule has 0 aliphatic heterocycles. The zero-order valence-corrected chi connectivity index (χ0v) is 15.0. The van der Waals surface area contributed by atoms with Gasteiger partial charge in [-0.15, -0.1) is 0 Å². The summed E-state index contributed by atoms with van der Waals surface area (Å²) in [5, 5.41) is 0. The van der Waals surface area contributed by atoms with Crippen molar-refractivity contribution in [1.29, 1.82) is 0 Å². The van der Waals surface area contributed by atoms with Crippen molar-refractivity contribution in [2.75, 3.05) is 0 Å². The van der Waals surface area contributed by atoms with Gasteiger partial charge in [0, 0.05) is 0 Å². The monoisotopic (exact) mass is 285 g/mol. The minimum absolute atomic E-state index is 0.641. The minimum Gasteiger partial charge on any atom is -0.0629 e. The predicted octanol–water partition coefficient (Wildman–Crippen LogP) is 5.67. The van der Waals surface area contributed by atoms with Crippen LogP contribution in [0.25, 0.3) is 0 Å². The fourth-order valence-corrected chi connectivity index (χ4v) is 7.06. The van der Waals surface area contributed by atoms with Crippen LogP contribution in [0.4, 0.5) is 0 Å². The molecule has 0 aromatic carbocycles. The summed E-state index contributed by atoms with van der Waals surface area (Å²) >= 11 is 0. The molecule has 4 aliphatic rings. The van der Waals surface area contributed by atoms with Crippen molar-refractivity contribution >= 4 is 7.28 Å². The smallest absolute Gasteiger partial charge is 0.0629 e. The van der Waals surface area contributed by atoms with Gasteiger partial charge in [0.25, 0.3) is 0 Å². The van der Waals surface area contributed by atoms with Crippen LogP contribution in [0, 0.1) is 46.3 Å². The lowest BCUT2D eigenvalue weighted by atomic mass is 9.43. The first-order chi connectivity index (χ1) is 9.76. The van der Waals surface area contributed by atoms with Crippen molar-refractivity contribution in [2.24, 2.45) is 46.3 Å². The SMILES string of the molecule is C[C@H]1CC[C@@H]2[C@H]([C@@H]1[B][C@H]1[C@H]3[C@@H](CC[C@@H]1C)C3(C)C)C2(C)C. The summed E-state index contributed by atoms with van der Waals surface area (Å²) in [6.07, 6.45) is 5.95. The fourth-order valence-electron chi connectivity index (χ4n) is 7.06. The van der Waals surface area contributed by atoms with Gasteiger partial charge in [-0.1, -0.05) is 66.0 Å². The third-order valence-corrected chi connectivity index (χ3v) is 8.73. The van der Waals surface area contributed by atoms with E-state index in [0.29, 0.717) is 10.8 Å². The lowest BCUT2D eigenvalue weighted by Gasteiger charge is -2.36. The normalized spacial score (nSPS) is 56.1. The van der Waals surface area contributed by atoms with Gasteiger partial charge in [0.2, 0.25) is 0 Å². The predicted molar refractivity (Wildman–Crippen MR) is 91.6 cm³/mol. The molecule has 0 amide bonds. The highest BCUT2D eigenvalue weighted by molar-refractivity contribution is 6.40. The van der Waals surface area contributed by atoms with E-state index in [1.807, 2.05) is 0 Å². The van der Waals surface area contributed by atoms with Crippen molar-refractivity contribution in [3.05, 3.63) is 0 Å². The van der Waals surface area contributed by atoms with Crippen LogP contribution in [-0.4, -0.2) is 7.28 Å². The second kappa shape index (κ2) is 4.32. The number of hydrogen-bond acceptors (Lipinski definition) is 0. The summed E-state index contributed by atoms with van der Waals surface area (Å²) in [6.45, 7) is 15.2. The molecule has 0 unspecified atom stereocenters. The van der Waals surface area contributed by atoms with Gasteiger partial charge in [0.05, 0.1) is 0 Å². The average molecular weight is 285 g/mol. The van der Waals surface area contributed by atoms with Crippen LogP contribution in [0.15, 0.2) is 0 Å². The van der Waals surface area contributed by atoms with Crippen molar-refractivity contribution in [1.82, 2.24) is 0 Å². The van der Waals surface area contributed by atoms with E-state index >= 15 is 0 Å². The van der Waals surface area contributed by atoms with E-state index < -0.39 is 0 Å². The maximum Gasteiger partial charge on any atom is 0.119 e. The molecule has 0 aromatic heterocycles. The second-order valence-corrected chi connectivity index (χ2v) is 10.4. The first kappa shape index (κ1) is 14.6. The number of rotatable bonds is 2. The summed E-state index contributed by atoms with van der Waals surface area (Å²) in [5.74, 6) is 7.80. The quantitative estimate of drug-likeness (QED) is 0.573. The van der Waals surface area contributed by atoms with Gasteiger partial charge in [-0.3, -0.25) is 0 Å². The van der Waals surface area contributed by atoms with E-state index in [1.54, 1.807) is 0 Å². The van der Waals surface area contributed by atoms with E-state index in [9.17, 15) is 0 Å². The molecule has 0 heterocycles. The van der Waals surface area contributed by atoms with Crippen LogP contribution >= 0.6 is 0 Å². The van der Waals surface area contributed by atoms with Gasteiger partial charge in [-0.25, -0.2) is 0 Å². The van der Waals surface area contributed by atoms with Gasteiger partial charge in [-0.05, 0) is 59.2 Å². The maximum absolute atomic E-state index is 2.91. The Balaban J connectivity index is 1.52. The second-order valence-electron chi connectivity index (χ2n) is 10.4. The van der Waals surface area contributed by atoms with Gasteiger partial charge >= 0.3 is 0 Å². The molecule has 0 N–H and O–H groups in total. The molecule has 0 saturated heterocycles. The third-order valence-electron chi connectivity index (χ3n) is 8.73. The zero-order valence-electron chi connectivity index (χ0n) is 15.0. The minimum atomic E-state index is 0.641. The van der Waals surface area contributed by atoms with Crippen LogP contribution < -0.4 is 0 Å². The van der Waals surface area contributed by atoms with Gasteiger partial charge in [-0.2, -0.15) is 0 Å². The van der Waals surface area contributed by atoms with Gasteiger partial charge in [0.1, 0.15) is 7.28 Å². The number of hydrogen-bond donors (Lipinski definition) is 0. The zero-order chi connectivity index (χ0) is 15.2. The fraction of sp³-hybridized carbons (Fsp3) is 1.00. The molecule has 1 heteroatoms. The van der Waals surface area contributed by atoms with Crippen molar-refractivity contribution in [3.63, 3.8) is 0 Å². The first-order valence-electron chi connectivity index (χ1n) is 9.61. The largest absolute Gasteiger partial charge is 0.119 e. The molecular formula is C20H34B. The number of fused-ring (bicyclic) bond motifs is 2. The summed E-state index contributed by atoms with van der Waals surface area (Å²) in [4.78, 5) is 0. The Bertz CT molecular complexity index is 397. The van der Waals surface area contributed by atoms with Gasteiger partial charge in [0.15, 0.2) is 0 Å². The van der Waals surface area contributed by atoms with E-state index in [2.05, 4.69) is 48.8 Å². The molecule has 0 aromatic rings. The molecule has 117 valence electrons. The molecule has 0 nitrogen and oxygen atoms in total. The Morgan fingerprint density at radius 2 is 1.05 bits per heavy atom. The standard InChI is InChI=1S/C20H34B/c1-11-7-9-13-15(19(13,3)4)17(11)21-18-12(2)8-10-14-16(18)20(14,5)6/h11-18H,7-10H2,1-6H3/t11-,12-,13+,14+,15+,16+,17+,18+/m0/s1. The summed E-state index contributed by atoms with van der Waals surface area (Å²) in [6, 6.07) is 0. The van der Waals surface area contributed by atoms with Crippen LogP contribution in [0.2, 0.25) is 11.6 Å². The van der Waals surface area contributed by atoms with E-state index in [0.717, 1.165) is 47.1 Å². The first-order valence-corrected chi connectivity index (χ1v) is 9.61. The van der Waals surface area contributed by atoms with Crippen molar-refractivity contribution in [3.8, 4) is 0 Å². The van der Waals surface area contributed by atoms with Gasteiger partial charge < -0.3 is 0 Å². The van der Waals surface area contributed by atoms with Crippen LogP contribution in [0.1, 0.15) is 67.2 Å². The Morgan fingerprint density at radius 1 is 0.667 bits per heavy atom. The Hall–Kier alpha value is 0.0649. The van der Waals surface area contributed by atoms with Crippen molar-refractivity contribution in [2.45, 2.75) is 78.9 Å². The lowest BCUT2D eigenvalue weighted by molar-refractivity contribution is 0.334. The molecule has 8 atom stereocenters. The Morgan fingerprint density at radius 3 is 1.43 bits per heavy atom. The summed E-state index contributed by atoms with van der Waals surface area (Å²) < 4.78 is 0. The van der Waals surface area contributed by atoms with Crippen LogP contribution in [-0.2, 0) is 0 Å². The molecule has 4 rings (SSSR count). The van der Waals surface area contributed by atoms with Crippen LogP contribution in [0.5, 0.6) is 0 Å². The highest BCUT2D eigenvalue weighted by atomic mass is 14.7. The maximum atomic E-state index is 2.91. The van der Waals surface area contributed by atoms with E-state index in [1.165, 1.54) is 25.7 Å². The van der Waals surface area contributed by atoms with Crippen LogP contribution in [0.3, 0.4) is 0 Å². The molecule has 1 radical (unpaired) electrons. The molecule has 0 spiro atoms. The topological polar surface area (TPSA) is 0 Å². The van der Waals surface area contributed by atoms with E-state index in [4.69, 9.17) is 0 Å². The highest BCUT2D eigenvalue weighted by Gasteiger charge is 2.66. The van der Waals surface area contributed by atoms with Crippen molar-refractivity contribution < 1.29 is 0 Å². The molecule has 21 heavy (non-hydrogen) atoms. The Kier molecular flexibility index (Phi) is 3.02. The van der Waals surface area contributed by atoms with E-state index in [-0.39, 0.29) is 0 Å². The molecule has 4 saturated carbocycles. The molecule has 4 aliphatic carbocycles. The third kappa shape index (κ3) is 1.94. The highest BCUT2D eigenvalue weighted by Crippen LogP contribution is 2.74.